The molecule has 1 heterocycles. The second kappa shape index (κ2) is 8.97. The van der Waals surface area contributed by atoms with Crippen LogP contribution >= 0.6 is 11.6 Å². The van der Waals surface area contributed by atoms with Crippen molar-refractivity contribution in [3.05, 3.63) is 58.9 Å². The van der Waals surface area contributed by atoms with Crippen molar-refractivity contribution in [3.63, 3.8) is 0 Å². The van der Waals surface area contributed by atoms with E-state index >= 15 is 0 Å². The Hall–Kier alpha value is -2.07. The number of methoxy groups -OCH3 is 1. The number of hydrogen-bond donors (Lipinski definition) is 0. The van der Waals surface area contributed by atoms with Crippen LogP contribution in [0.15, 0.2) is 42.5 Å². The quantitative estimate of drug-likeness (QED) is 0.629. The molecule has 0 aliphatic rings. The van der Waals surface area contributed by atoms with E-state index in [1.165, 1.54) is 13.2 Å². The van der Waals surface area contributed by atoms with E-state index in [9.17, 15) is 4.79 Å². The van der Waals surface area contributed by atoms with Crippen LogP contribution in [0.5, 0.6) is 5.75 Å². The van der Waals surface area contributed by atoms with Crippen LogP contribution < -0.4 is 4.74 Å². The molecular formula is C16H18ClNO3. The molecule has 2 aromatic rings. The van der Waals surface area contributed by atoms with Gasteiger partial charge < -0.3 is 9.47 Å². The predicted molar refractivity (Wildman–Crippen MR) is 82.7 cm³/mol. The number of esters is 1. The van der Waals surface area contributed by atoms with Crippen LogP contribution in [0.1, 0.15) is 29.9 Å². The van der Waals surface area contributed by atoms with Gasteiger partial charge in [-0.25, -0.2) is 9.78 Å². The Morgan fingerprint density at radius 1 is 1.19 bits per heavy atom. The molecule has 0 spiro atoms. The number of carbonyl (C=O) groups is 1. The predicted octanol–water partition coefficient (Wildman–Crippen LogP) is 4.13. The number of halogens is 1. The maximum absolute atomic E-state index is 11.4. The normalized spacial score (nSPS) is 9.33. The van der Waals surface area contributed by atoms with Crippen molar-refractivity contribution in [2.75, 3.05) is 7.11 Å². The first-order chi connectivity index (χ1) is 10.2. The van der Waals surface area contributed by atoms with Crippen LogP contribution in [0.2, 0.25) is 5.15 Å². The molecule has 112 valence electrons. The van der Waals surface area contributed by atoms with Gasteiger partial charge in [0.1, 0.15) is 17.5 Å². The first-order valence-corrected chi connectivity index (χ1v) is 6.99. The number of pyridine rings is 1. The van der Waals surface area contributed by atoms with Crippen molar-refractivity contribution < 1.29 is 14.3 Å². The molecule has 5 heteroatoms. The van der Waals surface area contributed by atoms with Gasteiger partial charge in [-0.2, -0.15) is 0 Å². The molecule has 0 fully saturated rings. The lowest BCUT2D eigenvalue weighted by Crippen LogP contribution is -2.05. The van der Waals surface area contributed by atoms with Gasteiger partial charge in [-0.3, -0.25) is 0 Å². The van der Waals surface area contributed by atoms with Crippen molar-refractivity contribution >= 4 is 17.6 Å². The summed E-state index contributed by atoms with van der Waals surface area (Å²) in [5.74, 6) is -0.0729. The summed E-state index contributed by atoms with van der Waals surface area (Å²) in [6, 6.07) is 12.7. The highest BCUT2D eigenvalue weighted by molar-refractivity contribution is 6.29. The van der Waals surface area contributed by atoms with Gasteiger partial charge in [0.05, 0.1) is 7.11 Å². The fourth-order valence-corrected chi connectivity index (χ4v) is 1.71. The van der Waals surface area contributed by atoms with Crippen LogP contribution in [0.3, 0.4) is 0 Å². The van der Waals surface area contributed by atoms with Gasteiger partial charge in [0.2, 0.25) is 0 Å². The van der Waals surface area contributed by atoms with E-state index in [2.05, 4.69) is 9.72 Å². The summed E-state index contributed by atoms with van der Waals surface area (Å²) >= 11 is 5.83. The molecule has 1 aromatic heterocycles. The zero-order chi connectivity index (χ0) is 15.7. The lowest BCUT2D eigenvalue weighted by molar-refractivity contribution is 0.0593. The molecule has 21 heavy (non-hydrogen) atoms. The van der Waals surface area contributed by atoms with Gasteiger partial charge in [-0.1, -0.05) is 55.8 Å². The number of aromatic nitrogens is 1. The Morgan fingerprint density at radius 3 is 2.48 bits per heavy atom. The smallest absolute Gasteiger partial charge is 0.356 e. The zero-order valence-corrected chi connectivity index (χ0v) is 13.1. The van der Waals surface area contributed by atoms with Gasteiger partial charge in [-0.15, -0.1) is 0 Å². The molecule has 4 nitrogen and oxygen atoms in total. The topological polar surface area (TPSA) is 48.4 Å². The Labute approximate surface area is 129 Å². The Kier molecular flexibility index (Phi) is 7.26. The maximum atomic E-state index is 11.4. The van der Waals surface area contributed by atoms with Crippen LogP contribution in [0.25, 0.3) is 0 Å². The first-order valence-electron chi connectivity index (χ1n) is 6.61. The van der Waals surface area contributed by atoms with Crippen molar-refractivity contribution in [2.45, 2.75) is 20.5 Å². The molecule has 0 amide bonds. The molecule has 2 rings (SSSR count). The van der Waals surface area contributed by atoms with E-state index in [4.69, 9.17) is 16.3 Å². The fraction of sp³-hybridized carbons (Fsp3) is 0.250. The van der Waals surface area contributed by atoms with Crippen LogP contribution in [0.4, 0.5) is 0 Å². The minimum Gasteiger partial charge on any atom is -0.489 e. The minimum atomic E-state index is -0.549. The summed E-state index contributed by atoms with van der Waals surface area (Å²) in [5.41, 5.74) is 1.15. The minimum absolute atomic E-state index is 0.123. The van der Waals surface area contributed by atoms with E-state index in [-0.39, 0.29) is 10.8 Å². The third-order valence-electron chi connectivity index (χ3n) is 2.41. The van der Waals surface area contributed by atoms with Crippen molar-refractivity contribution in [3.8, 4) is 5.75 Å². The summed E-state index contributed by atoms with van der Waals surface area (Å²) < 4.78 is 10.2. The Bertz CT molecular complexity index is 573. The number of nitrogens with zero attached hydrogens (tertiary/aromatic N) is 1. The molecular weight excluding hydrogens is 290 g/mol. The average molecular weight is 308 g/mol. The maximum Gasteiger partial charge on any atom is 0.356 e. The van der Waals surface area contributed by atoms with Gasteiger partial charge >= 0.3 is 5.97 Å². The van der Waals surface area contributed by atoms with Crippen LogP contribution in [-0.4, -0.2) is 18.1 Å². The SMILES string of the molecule is CC.COC(=O)c1cc(OCc2ccccc2)cc(Cl)n1. The largest absolute Gasteiger partial charge is 0.489 e. The molecule has 0 radical (unpaired) electrons. The third-order valence-corrected chi connectivity index (χ3v) is 2.60. The van der Waals surface area contributed by atoms with Gasteiger partial charge in [0.15, 0.2) is 5.69 Å². The van der Waals surface area contributed by atoms with Crippen LogP contribution in [-0.2, 0) is 11.3 Å². The van der Waals surface area contributed by atoms with Gasteiger partial charge in [-0.05, 0) is 5.56 Å². The highest BCUT2D eigenvalue weighted by Gasteiger charge is 2.10. The summed E-state index contributed by atoms with van der Waals surface area (Å²) in [7, 11) is 1.29. The van der Waals surface area contributed by atoms with E-state index in [1.807, 2.05) is 44.2 Å². The summed E-state index contributed by atoms with van der Waals surface area (Å²) in [4.78, 5) is 15.3. The zero-order valence-electron chi connectivity index (χ0n) is 12.3. The fourth-order valence-electron chi connectivity index (χ4n) is 1.51. The van der Waals surface area contributed by atoms with E-state index in [0.29, 0.717) is 12.4 Å². The number of carbonyl (C=O) groups excluding carboxylic acids is 1. The Balaban J connectivity index is 0.00000106. The second-order valence-electron chi connectivity index (χ2n) is 3.78. The molecule has 0 aliphatic carbocycles. The van der Waals surface area contributed by atoms with E-state index in [0.717, 1.165) is 5.56 Å². The van der Waals surface area contributed by atoms with Crippen molar-refractivity contribution in [1.82, 2.24) is 4.98 Å². The summed E-state index contributed by atoms with van der Waals surface area (Å²) in [6.07, 6.45) is 0. The molecule has 0 saturated carbocycles. The monoisotopic (exact) mass is 307 g/mol. The van der Waals surface area contributed by atoms with Crippen LogP contribution in [0, 0.1) is 0 Å². The van der Waals surface area contributed by atoms with E-state index in [1.54, 1.807) is 6.07 Å². The standard InChI is InChI=1S/C14H12ClNO3.C2H6/c1-18-14(17)12-7-11(8-13(15)16-12)19-9-10-5-3-2-4-6-10;1-2/h2-8H,9H2,1H3;1-2H3. The first kappa shape index (κ1) is 17.0. The highest BCUT2D eigenvalue weighted by atomic mass is 35.5. The lowest BCUT2D eigenvalue weighted by Gasteiger charge is -2.08. The number of rotatable bonds is 4. The average Bonchev–Trinajstić information content (AvgIpc) is 2.54. The van der Waals surface area contributed by atoms with Crippen molar-refractivity contribution in [2.24, 2.45) is 0 Å². The third kappa shape index (κ3) is 5.44. The summed E-state index contributed by atoms with van der Waals surface area (Å²) in [5, 5.41) is 0.186. The van der Waals surface area contributed by atoms with Gasteiger partial charge in [0.25, 0.3) is 0 Å². The number of ether oxygens (including phenoxy) is 2. The number of hydrogen-bond acceptors (Lipinski definition) is 4. The van der Waals surface area contributed by atoms with E-state index < -0.39 is 5.97 Å². The molecule has 0 aliphatic heterocycles. The lowest BCUT2D eigenvalue weighted by atomic mass is 10.2. The molecule has 1 aromatic carbocycles. The molecule has 0 unspecified atom stereocenters. The highest BCUT2D eigenvalue weighted by Crippen LogP contribution is 2.19. The second-order valence-corrected chi connectivity index (χ2v) is 4.16. The van der Waals surface area contributed by atoms with Crippen molar-refractivity contribution in [1.29, 1.82) is 0 Å². The number of benzene rings is 1. The molecule has 0 bridgehead atoms. The molecule has 0 N–H and O–H groups in total. The summed E-state index contributed by atoms with van der Waals surface area (Å²) in [6.45, 7) is 4.39. The molecule has 0 atom stereocenters. The molecule has 0 saturated heterocycles. The Morgan fingerprint density at radius 2 is 1.86 bits per heavy atom. The van der Waals surface area contributed by atoms with Gasteiger partial charge in [0, 0.05) is 12.1 Å².